The monoisotopic (exact) mass is 162 g/mol. The largest absolute Gasteiger partial charge is 0.393 e. The predicted octanol–water partition coefficient (Wildman–Crippen LogP) is -1.12. The summed E-state index contributed by atoms with van der Waals surface area (Å²) in [7, 11) is 0. The van der Waals surface area contributed by atoms with Crippen LogP contribution in [0.3, 0.4) is 0 Å². The molecule has 0 aromatic rings. The molecule has 0 bridgehead atoms. The van der Waals surface area contributed by atoms with Crippen LogP contribution in [0, 0.1) is 0 Å². The minimum atomic E-state index is -1.00. The second-order valence-electron chi connectivity index (χ2n) is 3.23. The maximum absolute atomic E-state index is 9.35. The summed E-state index contributed by atoms with van der Waals surface area (Å²) in [4.78, 5) is 0. The highest BCUT2D eigenvalue weighted by molar-refractivity contribution is 4.97. The number of rotatable bonds is 1. The van der Waals surface area contributed by atoms with Gasteiger partial charge in [0.1, 0.15) is 17.8 Å². The van der Waals surface area contributed by atoms with Crippen molar-refractivity contribution in [2.75, 3.05) is 6.61 Å². The molecule has 1 saturated heterocycles. The smallest absolute Gasteiger partial charge is 0.117 e. The molecule has 0 amide bonds. The van der Waals surface area contributed by atoms with Crippen LogP contribution in [0.4, 0.5) is 0 Å². The van der Waals surface area contributed by atoms with Crippen molar-refractivity contribution in [2.24, 2.45) is 0 Å². The molecule has 3 N–H and O–H groups in total. The Morgan fingerprint density at radius 2 is 2.00 bits per heavy atom. The Kier molecular flexibility index (Phi) is 2.20. The Bertz CT molecular complexity index is 149. The molecule has 11 heavy (non-hydrogen) atoms. The van der Waals surface area contributed by atoms with Crippen molar-refractivity contribution in [1.29, 1.82) is 0 Å². The summed E-state index contributed by atoms with van der Waals surface area (Å²) in [6.07, 6.45) is -2.31. The fourth-order valence-corrected chi connectivity index (χ4v) is 1.31. The lowest BCUT2D eigenvalue weighted by Crippen LogP contribution is -2.43. The molecule has 0 saturated carbocycles. The molecule has 1 rings (SSSR count). The van der Waals surface area contributed by atoms with Gasteiger partial charge in [0.2, 0.25) is 0 Å². The van der Waals surface area contributed by atoms with E-state index in [0.29, 0.717) is 0 Å². The molecule has 1 aliphatic rings. The van der Waals surface area contributed by atoms with Crippen molar-refractivity contribution in [2.45, 2.75) is 37.8 Å². The zero-order valence-electron chi connectivity index (χ0n) is 6.69. The molecule has 0 aromatic carbocycles. The van der Waals surface area contributed by atoms with Crippen molar-refractivity contribution < 1.29 is 20.1 Å². The summed E-state index contributed by atoms with van der Waals surface area (Å²) >= 11 is 0. The number of aliphatic hydroxyl groups is 3. The zero-order valence-corrected chi connectivity index (χ0v) is 6.69. The highest BCUT2D eigenvalue weighted by atomic mass is 16.6. The number of hydrogen-bond donors (Lipinski definition) is 3. The Labute approximate surface area is 65.4 Å². The van der Waals surface area contributed by atoms with Crippen LogP contribution < -0.4 is 0 Å². The van der Waals surface area contributed by atoms with Gasteiger partial charge in [0.15, 0.2) is 0 Å². The lowest BCUT2D eigenvalue weighted by atomic mass is 9.98. The van der Waals surface area contributed by atoms with E-state index in [1.807, 2.05) is 0 Å². The van der Waals surface area contributed by atoms with Crippen LogP contribution in [0.25, 0.3) is 0 Å². The Morgan fingerprint density at radius 1 is 1.45 bits per heavy atom. The van der Waals surface area contributed by atoms with Gasteiger partial charge in [-0.1, -0.05) is 0 Å². The maximum atomic E-state index is 9.35. The molecule has 0 aromatic heterocycles. The van der Waals surface area contributed by atoms with Gasteiger partial charge in [-0.2, -0.15) is 0 Å². The minimum absolute atomic E-state index is 0.282. The van der Waals surface area contributed by atoms with Gasteiger partial charge >= 0.3 is 0 Å². The van der Waals surface area contributed by atoms with Gasteiger partial charge in [0, 0.05) is 0 Å². The minimum Gasteiger partial charge on any atom is -0.393 e. The maximum Gasteiger partial charge on any atom is 0.117 e. The van der Waals surface area contributed by atoms with Gasteiger partial charge in [-0.15, -0.1) is 0 Å². The summed E-state index contributed by atoms with van der Waals surface area (Å²) in [5.41, 5.74) is -1.00. The van der Waals surface area contributed by atoms with E-state index in [1.165, 1.54) is 0 Å². The highest BCUT2D eigenvalue weighted by Crippen LogP contribution is 2.29. The van der Waals surface area contributed by atoms with Crippen LogP contribution in [0.5, 0.6) is 0 Å². The van der Waals surface area contributed by atoms with Crippen LogP contribution in [-0.2, 0) is 4.74 Å². The first-order valence-corrected chi connectivity index (χ1v) is 3.66. The summed E-state index contributed by atoms with van der Waals surface area (Å²) in [6.45, 7) is 2.95. The lowest BCUT2D eigenvalue weighted by molar-refractivity contribution is -0.0951. The fraction of sp³-hybridized carbons (Fsp3) is 1.00. The molecule has 1 unspecified atom stereocenters. The molecule has 4 heteroatoms. The average Bonchev–Trinajstić information content (AvgIpc) is 2.17. The van der Waals surface area contributed by atoms with Crippen molar-refractivity contribution in [1.82, 2.24) is 0 Å². The van der Waals surface area contributed by atoms with Gasteiger partial charge in [0.25, 0.3) is 0 Å². The molecular formula is C7H14O4. The van der Waals surface area contributed by atoms with E-state index in [4.69, 9.17) is 9.84 Å². The Hall–Kier alpha value is -0.160. The van der Waals surface area contributed by atoms with Crippen molar-refractivity contribution in [3.05, 3.63) is 0 Å². The molecule has 1 aliphatic heterocycles. The van der Waals surface area contributed by atoms with E-state index in [9.17, 15) is 10.2 Å². The van der Waals surface area contributed by atoms with E-state index in [0.717, 1.165) is 0 Å². The van der Waals surface area contributed by atoms with Crippen LogP contribution in [0.1, 0.15) is 13.8 Å². The molecule has 0 radical (unpaired) electrons. The van der Waals surface area contributed by atoms with Crippen molar-refractivity contribution in [3.8, 4) is 0 Å². The van der Waals surface area contributed by atoms with Gasteiger partial charge in [-0.25, -0.2) is 0 Å². The van der Waals surface area contributed by atoms with E-state index in [-0.39, 0.29) is 6.61 Å². The molecule has 1 heterocycles. The normalized spacial score (nSPS) is 51.5. The quantitative estimate of drug-likeness (QED) is 0.456. The van der Waals surface area contributed by atoms with E-state index in [1.54, 1.807) is 13.8 Å². The Morgan fingerprint density at radius 3 is 2.18 bits per heavy atom. The third-order valence-electron chi connectivity index (χ3n) is 2.20. The molecule has 0 spiro atoms. The Balaban J connectivity index is 2.73. The number of ether oxygens (including phenoxy) is 1. The standard InChI is InChI=1S/C7H14O4/c1-4-5(9)6(10)7(2,3-8)11-4/h4-6,8-10H,3H2,1-2H3/t4-,5?,6+,7+/m0/s1. The summed E-state index contributed by atoms with van der Waals surface area (Å²) in [5, 5.41) is 27.4. The average molecular weight is 162 g/mol. The van der Waals surface area contributed by atoms with Crippen LogP contribution in [0.15, 0.2) is 0 Å². The molecule has 0 aliphatic carbocycles. The van der Waals surface area contributed by atoms with E-state index >= 15 is 0 Å². The summed E-state index contributed by atoms with van der Waals surface area (Å²) in [6, 6.07) is 0. The predicted molar refractivity (Wildman–Crippen MR) is 38.1 cm³/mol. The zero-order chi connectivity index (χ0) is 8.65. The first-order valence-electron chi connectivity index (χ1n) is 3.66. The fourth-order valence-electron chi connectivity index (χ4n) is 1.31. The van der Waals surface area contributed by atoms with Gasteiger partial charge in [0.05, 0.1) is 12.7 Å². The van der Waals surface area contributed by atoms with Gasteiger partial charge in [-0.05, 0) is 13.8 Å². The van der Waals surface area contributed by atoms with Crippen LogP contribution >= 0.6 is 0 Å². The number of aliphatic hydroxyl groups excluding tert-OH is 3. The number of hydrogen-bond acceptors (Lipinski definition) is 4. The highest BCUT2D eigenvalue weighted by Gasteiger charge is 2.48. The molecule has 1 fully saturated rings. The molecule has 4 atom stereocenters. The first-order chi connectivity index (χ1) is 5.01. The van der Waals surface area contributed by atoms with Crippen LogP contribution in [0.2, 0.25) is 0 Å². The van der Waals surface area contributed by atoms with E-state index in [2.05, 4.69) is 0 Å². The lowest BCUT2D eigenvalue weighted by Gasteiger charge is -2.24. The second-order valence-corrected chi connectivity index (χ2v) is 3.23. The topological polar surface area (TPSA) is 69.9 Å². The van der Waals surface area contributed by atoms with Crippen molar-refractivity contribution >= 4 is 0 Å². The van der Waals surface area contributed by atoms with Gasteiger partial charge in [-0.3, -0.25) is 0 Å². The molecule has 66 valence electrons. The first kappa shape index (κ1) is 8.93. The third kappa shape index (κ3) is 1.27. The SMILES string of the molecule is C[C@@H]1O[C@](C)(CO)[C@H](O)C1O. The third-order valence-corrected chi connectivity index (χ3v) is 2.20. The van der Waals surface area contributed by atoms with E-state index < -0.39 is 23.9 Å². The molecular weight excluding hydrogens is 148 g/mol. The van der Waals surface area contributed by atoms with Crippen LogP contribution in [-0.4, -0.2) is 45.8 Å². The second kappa shape index (κ2) is 2.71. The van der Waals surface area contributed by atoms with Gasteiger partial charge < -0.3 is 20.1 Å². The summed E-state index contributed by atoms with van der Waals surface area (Å²) in [5.74, 6) is 0. The summed E-state index contributed by atoms with van der Waals surface area (Å²) < 4.78 is 5.17. The van der Waals surface area contributed by atoms with Crippen molar-refractivity contribution in [3.63, 3.8) is 0 Å². The molecule has 4 nitrogen and oxygen atoms in total.